The number of amides is 1. The van der Waals surface area contributed by atoms with Crippen molar-refractivity contribution in [3.8, 4) is 0 Å². The van der Waals surface area contributed by atoms with Crippen LogP contribution in [0.1, 0.15) is 33.3 Å². The molecule has 0 aliphatic rings. The number of hydrogen-bond acceptors (Lipinski definition) is 4. The topological polar surface area (TPSA) is 92.5 Å². The molecule has 0 radical (unpaired) electrons. The zero-order chi connectivity index (χ0) is 16.9. The normalized spacial score (nSPS) is 13.0. The lowest BCUT2D eigenvalue weighted by Crippen LogP contribution is -2.44. The Bertz CT molecular complexity index is 541. The summed E-state index contributed by atoms with van der Waals surface area (Å²) in [6.07, 6.45) is -0.593. The highest BCUT2D eigenvalue weighted by molar-refractivity contribution is 5.79. The maximum Gasteiger partial charge on any atom is 0.273 e. The van der Waals surface area contributed by atoms with E-state index in [4.69, 9.17) is 0 Å². The molecule has 1 amide bonds. The molecule has 6 nitrogen and oxygen atoms in total. The minimum atomic E-state index is -0.543. The van der Waals surface area contributed by atoms with Gasteiger partial charge in [-0.05, 0) is 5.92 Å². The van der Waals surface area contributed by atoms with Crippen LogP contribution in [-0.2, 0) is 11.2 Å². The van der Waals surface area contributed by atoms with E-state index in [2.05, 4.69) is 5.32 Å². The van der Waals surface area contributed by atoms with Crippen molar-refractivity contribution in [3.05, 3.63) is 39.9 Å². The Balaban J connectivity index is 2.67. The Morgan fingerprint density at radius 3 is 2.50 bits per heavy atom. The average Bonchev–Trinajstić information content (AvgIpc) is 2.44. The van der Waals surface area contributed by atoms with Gasteiger partial charge in [-0.25, -0.2) is 0 Å². The third kappa shape index (κ3) is 4.80. The van der Waals surface area contributed by atoms with Gasteiger partial charge in [0, 0.05) is 23.6 Å². The van der Waals surface area contributed by atoms with Gasteiger partial charge in [-0.2, -0.15) is 0 Å². The summed E-state index contributed by atoms with van der Waals surface area (Å²) in [5, 5.41) is 23.8. The number of para-hydroxylation sites is 1. The van der Waals surface area contributed by atoms with E-state index >= 15 is 0 Å². The fourth-order valence-electron chi connectivity index (χ4n) is 2.41. The number of nitro groups is 1. The molecule has 0 fully saturated rings. The lowest BCUT2D eigenvalue weighted by Gasteiger charge is -2.33. The maximum atomic E-state index is 12.0. The fraction of sp³-hybridized carbons (Fsp3) is 0.562. The SMILES string of the molecule is CC(C)C(O)C(C)(C)CNC(=O)Cc1ccccc1[N+](=O)[O-]. The number of hydrogen-bond donors (Lipinski definition) is 2. The predicted octanol–water partition coefficient (Wildman–Crippen LogP) is 2.30. The molecule has 1 aromatic rings. The second kappa shape index (κ2) is 7.35. The zero-order valence-corrected chi connectivity index (χ0v) is 13.5. The van der Waals surface area contributed by atoms with Crippen molar-refractivity contribution in [1.29, 1.82) is 0 Å². The smallest absolute Gasteiger partial charge is 0.273 e. The Morgan fingerprint density at radius 1 is 1.36 bits per heavy atom. The monoisotopic (exact) mass is 308 g/mol. The number of aliphatic hydroxyl groups is 1. The molecular weight excluding hydrogens is 284 g/mol. The van der Waals surface area contributed by atoms with Gasteiger partial charge in [-0.15, -0.1) is 0 Å². The number of carbonyl (C=O) groups excluding carboxylic acids is 1. The number of rotatable bonds is 7. The van der Waals surface area contributed by atoms with Crippen LogP contribution in [0.2, 0.25) is 0 Å². The van der Waals surface area contributed by atoms with Crippen LogP contribution in [0, 0.1) is 21.4 Å². The summed E-state index contributed by atoms with van der Waals surface area (Å²) in [4.78, 5) is 22.4. The molecular formula is C16H24N2O4. The molecule has 22 heavy (non-hydrogen) atoms. The standard InChI is InChI=1S/C16H24N2O4/c1-11(2)15(20)16(3,4)10-17-14(19)9-12-7-5-6-8-13(12)18(21)22/h5-8,11,15,20H,9-10H2,1-4H3,(H,17,19). The molecule has 2 N–H and O–H groups in total. The number of nitrogens with one attached hydrogen (secondary N) is 1. The minimum Gasteiger partial charge on any atom is -0.392 e. The van der Waals surface area contributed by atoms with Gasteiger partial charge in [0.15, 0.2) is 0 Å². The Labute approximate surface area is 130 Å². The third-order valence-electron chi connectivity index (χ3n) is 3.71. The first-order valence-corrected chi connectivity index (χ1v) is 7.32. The Hall–Kier alpha value is -1.95. The molecule has 0 spiro atoms. The quantitative estimate of drug-likeness (QED) is 0.597. The largest absolute Gasteiger partial charge is 0.392 e. The van der Waals surface area contributed by atoms with Gasteiger partial charge in [0.25, 0.3) is 5.69 Å². The van der Waals surface area contributed by atoms with Crippen LogP contribution >= 0.6 is 0 Å². The molecule has 6 heteroatoms. The van der Waals surface area contributed by atoms with Gasteiger partial charge < -0.3 is 10.4 Å². The molecule has 1 rings (SSSR count). The number of benzene rings is 1. The fourth-order valence-corrected chi connectivity index (χ4v) is 2.41. The van der Waals surface area contributed by atoms with Gasteiger partial charge >= 0.3 is 0 Å². The van der Waals surface area contributed by atoms with Crippen LogP contribution in [0.3, 0.4) is 0 Å². The van der Waals surface area contributed by atoms with Crippen molar-refractivity contribution in [3.63, 3.8) is 0 Å². The number of nitrogens with zero attached hydrogens (tertiary/aromatic N) is 1. The average molecular weight is 308 g/mol. The summed E-state index contributed by atoms with van der Waals surface area (Å²) in [5.74, 6) is -0.208. The van der Waals surface area contributed by atoms with Gasteiger partial charge in [-0.3, -0.25) is 14.9 Å². The van der Waals surface area contributed by atoms with Crippen molar-refractivity contribution in [2.75, 3.05) is 6.54 Å². The maximum absolute atomic E-state index is 12.0. The first kappa shape index (κ1) is 18.1. The zero-order valence-electron chi connectivity index (χ0n) is 13.5. The molecule has 0 bridgehead atoms. The van der Waals surface area contributed by atoms with Crippen LogP contribution in [0.15, 0.2) is 24.3 Å². The summed E-state index contributed by atoms with van der Waals surface area (Å²) in [6, 6.07) is 6.20. The van der Waals surface area contributed by atoms with Gasteiger partial charge in [0.2, 0.25) is 5.91 Å². The van der Waals surface area contributed by atoms with Gasteiger partial charge in [0.05, 0.1) is 17.4 Å². The van der Waals surface area contributed by atoms with Crippen LogP contribution in [0.25, 0.3) is 0 Å². The second-order valence-corrected chi connectivity index (χ2v) is 6.52. The van der Waals surface area contributed by atoms with Crippen LogP contribution < -0.4 is 5.32 Å². The van der Waals surface area contributed by atoms with Crippen molar-refractivity contribution >= 4 is 11.6 Å². The number of aliphatic hydroxyl groups excluding tert-OH is 1. The number of nitro benzene ring substituents is 1. The highest BCUT2D eigenvalue weighted by Crippen LogP contribution is 2.25. The van der Waals surface area contributed by atoms with E-state index in [9.17, 15) is 20.0 Å². The van der Waals surface area contributed by atoms with E-state index in [1.807, 2.05) is 27.7 Å². The van der Waals surface area contributed by atoms with E-state index in [1.54, 1.807) is 18.2 Å². The summed E-state index contributed by atoms with van der Waals surface area (Å²) >= 11 is 0. The van der Waals surface area contributed by atoms with Crippen molar-refractivity contribution in [2.45, 2.75) is 40.2 Å². The van der Waals surface area contributed by atoms with E-state index in [0.717, 1.165) is 0 Å². The first-order chi connectivity index (χ1) is 10.1. The first-order valence-electron chi connectivity index (χ1n) is 7.32. The van der Waals surface area contributed by atoms with E-state index in [1.165, 1.54) is 6.07 Å². The molecule has 0 saturated heterocycles. The van der Waals surface area contributed by atoms with Crippen molar-refractivity contribution < 1.29 is 14.8 Å². The second-order valence-electron chi connectivity index (χ2n) is 6.52. The minimum absolute atomic E-state index is 0.0506. The van der Waals surface area contributed by atoms with Crippen LogP contribution in [0.5, 0.6) is 0 Å². The third-order valence-corrected chi connectivity index (χ3v) is 3.71. The molecule has 1 atom stereocenters. The van der Waals surface area contributed by atoms with E-state index < -0.39 is 16.4 Å². The summed E-state index contributed by atoms with van der Waals surface area (Å²) in [7, 11) is 0. The molecule has 0 saturated carbocycles. The van der Waals surface area contributed by atoms with Gasteiger partial charge in [0.1, 0.15) is 0 Å². The highest BCUT2D eigenvalue weighted by Gasteiger charge is 2.30. The molecule has 0 aromatic heterocycles. The van der Waals surface area contributed by atoms with Crippen molar-refractivity contribution in [2.24, 2.45) is 11.3 Å². The Kier molecular flexibility index (Phi) is 6.05. The predicted molar refractivity (Wildman–Crippen MR) is 84.4 cm³/mol. The highest BCUT2D eigenvalue weighted by atomic mass is 16.6. The molecule has 0 heterocycles. The van der Waals surface area contributed by atoms with Crippen LogP contribution in [-0.4, -0.2) is 28.6 Å². The summed E-state index contributed by atoms with van der Waals surface area (Å²) in [6.45, 7) is 7.90. The van der Waals surface area contributed by atoms with Crippen LogP contribution in [0.4, 0.5) is 5.69 Å². The molecule has 122 valence electrons. The molecule has 1 unspecified atom stereocenters. The summed E-state index contributed by atoms with van der Waals surface area (Å²) < 4.78 is 0. The lowest BCUT2D eigenvalue weighted by molar-refractivity contribution is -0.385. The summed E-state index contributed by atoms with van der Waals surface area (Å²) in [5.41, 5.74) is -0.141. The molecule has 0 aliphatic heterocycles. The number of carbonyl (C=O) groups is 1. The van der Waals surface area contributed by atoms with E-state index in [0.29, 0.717) is 12.1 Å². The molecule has 1 aromatic carbocycles. The van der Waals surface area contributed by atoms with E-state index in [-0.39, 0.29) is 23.9 Å². The van der Waals surface area contributed by atoms with Gasteiger partial charge in [-0.1, -0.05) is 45.9 Å². The van der Waals surface area contributed by atoms with Crippen molar-refractivity contribution in [1.82, 2.24) is 5.32 Å². The lowest BCUT2D eigenvalue weighted by atomic mass is 9.80. The Morgan fingerprint density at radius 2 is 1.95 bits per heavy atom. The molecule has 0 aliphatic carbocycles.